The summed E-state index contributed by atoms with van der Waals surface area (Å²) >= 11 is 3.30. The Morgan fingerprint density at radius 1 is 1.35 bits per heavy atom. The van der Waals surface area contributed by atoms with E-state index in [-0.39, 0.29) is 17.3 Å². The molecule has 1 aliphatic rings. The smallest absolute Gasteiger partial charge is 0.237 e. The number of halogens is 1. The zero-order valence-electron chi connectivity index (χ0n) is 8.93. The summed E-state index contributed by atoms with van der Waals surface area (Å²) < 4.78 is 0.904. The van der Waals surface area contributed by atoms with Gasteiger partial charge in [0.2, 0.25) is 11.9 Å². The minimum atomic E-state index is -0.742. The molecule has 1 N–H and O–H groups in total. The molecule has 0 unspecified atom stereocenters. The maximum absolute atomic E-state index is 11.3. The fraction of sp³-hybridized carbons (Fsp3) is 0.364. The lowest BCUT2D eigenvalue weighted by Crippen LogP contribution is -2.45. The SMILES string of the molecule is O=C1CC[C@@H]([N+](=O)[O-])[C@@H](c2ccc(Br)cc2)N1. The van der Waals surface area contributed by atoms with Gasteiger partial charge in [-0.3, -0.25) is 14.9 Å². The van der Waals surface area contributed by atoms with Crippen LogP contribution in [-0.4, -0.2) is 16.9 Å². The maximum atomic E-state index is 11.3. The Bertz CT molecular complexity index is 447. The Hall–Kier alpha value is -1.43. The van der Waals surface area contributed by atoms with Crippen molar-refractivity contribution in [2.45, 2.75) is 24.9 Å². The van der Waals surface area contributed by atoms with Crippen molar-refractivity contribution >= 4 is 21.8 Å². The van der Waals surface area contributed by atoms with E-state index in [0.717, 1.165) is 10.0 Å². The van der Waals surface area contributed by atoms with Gasteiger partial charge in [-0.05, 0) is 17.7 Å². The lowest BCUT2D eigenvalue weighted by Gasteiger charge is -2.26. The quantitative estimate of drug-likeness (QED) is 0.671. The number of nitrogens with one attached hydrogen (secondary N) is 1. The van der Waals surface area contributed by atoms with Crippen LogP contribution in [0.1, 0.15) is 24.4 Å². The monoisotopic (exact) mass is 298 g/mol. The summed E-state index contributed by atoms with van der Waals surface area (Å²) in [6.45, 7) is 0. The first kappa shape index (κ1) is 12.0. The molecule has 6 heteroatoms. The molecule has 1 saturated heterocycles. The highest BCUT2D eigenvalue weighted by atomic mass is 79.9. The number of amides is 1. The van der Waals surface area contributed by atoms with Crippen molar-refractivity contribution in [3.8, 4) is 0 Å². The average molecular weight is 299 g/mol. The van der Waals surface area contributed by atoms with Crippen LogP contribution in [0.15, 0.2) is 28.7 Å². The second-order valence-electron chi connectivity index (χ2n) is 3.99. The zero-order valence-corrected chi connectivity index (χ0v) is 10.5. The molecule has 0 radical (unpaired) electrons. The Morgan fingerprint density at radius 3 is 2.59 bits per heavy atom. The third kappa shape index (κ3) is 2.63. The van der Waals surface area contributed by atoms with Crippen LogP contribution in [0.25, 0.3) is 0 Å². The molecule has 90 valence electrons. The lowest BCUT2D eigenvalue weighted by molar-refractivity contribution is -0.529. The molecule has 5 nitrogen and oxygen atoms in total. The Balaban J connectivity index is 2.28. The summed E-state index contributed by atoms with van der Waals surface area (Å²) in [6.07, 6.45) is 0.512. The Labute approximate surface area is 106 Å². The molecule has 1 heterocycles. The molecule has 2 rings (SSSR count). The second kappa shape index (κ2) is 4.83. The van der Waals surface area contributed by atoms with Crippen LogP contribution in [-0.2, 0) is 4.79 Å². The Kier molecular flexibility index (Phi) is 3.42. The molecule has 17 heavy (non-hydrogen) atoms. The highest BCUT2D eigenvalue weighted by Gasteiger charge is 2.37. The van der Waals surface area contributed by atoms with E-state index in [0.29, 0.717) is 6.42 Å². The molecule has 1 aromatic carbocycles. The van der Waals surface area contributed by atoms with Gasteiger partial charge in [0.1, 0.15) is 6.04 Å². The van der Waals surface area contributed by atoms with Crippen LogP contribution < -0.4 is 5.32 Å². The summed E-state index contributed by atoms with van der Waals surface area (Å²) in [5.74, 6) is -0.129. The normalized spacial score (nSPS) is 24.2. The second-order valence-corrected chi connectivity index (χ2v) is 4.90. The fourth-order valence-electron chi connectivity index (χ4n) is 1.99. The van der Waals surface area contributed by atoms with Crippen LogP contribution in [0, 0.1) is 10.1 Å². The molecular weight excluding hydrogens is 288 g/mol. The number of carbonyl (C=O) groups excluding carboxylic acids is 1. The number of hydrogen-bond acceptors (Lipinski definition) is 3. The van der Waals surface area contributed by atoms with Gasteiger partial charge in [0.25, 0.3) is 0 Å². The van der Waals surface area contributed by atoms with Gasteiger partial charge in [-0.2, -0.15) is 0 Å². The van der Waals surface area contributed by atoms with Gasteiger partial charge < -0.3 is 5.32 Å². The third-order valence-corrected chi connectivity index (χ3v) is 3.40. The van der Waals surface area contributed by atoms with Gasteiger partial charge in [-0.1, -0.05) is 28.1 Å². The molecule has 0 saturated carbocycles. The van der Waals surface area contributed by atoms with Crippen molar-refractivity contribution in [3.05, 3.63) is 44.4 Å². The maximum Gasteiger partial charge on any atom is 0.237 e. The highest BCUT2D eigenvalue weighted by Crippen LogP contribution is 2.27. The molecule has 0 aliphatic carbocycles. The number of carbonyl (C=O) groups is 1. The van der Waals surface area contributed by atoms with E-state index >= 15 is 0 Å². The van der Waals surface area contributed by atoms with Gasteiger partial charge in [-0.15, -0.1) is 0 Å². The molecule has 2 atom stereocenters. The van der Waals surface area contributed by atoms with Crippen molar-refractivity contribution in [1.82, 2.24) is 5.32 Å². The van der Waals surface area contributed by atoms with Gasteiger partial charge in [0, 0.05) is 22.2 Å². The van der Waals surface area contributed by atoms with Crippen molar-refractivity contribution in [3.63, 3.8) is 0 Å². The number of benzene rings is 1. The van der Waals surface area contributed by atoms with Crippen molar-refractivity contribution in [2.75, 3.05) is 0 Å². The molecule has 1 amide bonds. The van der Waals surface area contributed by atoms with Crippen molar-refractivity contribution in [2.24, 2.45) is 0 Å². The fourth-order valence-corrected chi connectivity index (χ4v) is 2.25. The number of hydrogen-bond donors (Lipinski definition) is 1. The van der Waals surface area contributed by atoms with Gasteiger partial charge in [0.15, 0.2) is 0 Å². The average Bonchev–Trinajstić information content (AvgIpc) is 2.29. The predicted octanol–water partition coefficient (Wildman–Crippen LogP) is 2.05. The standard InChI is InChI=1S/C11H11BrN2O3/c12-8-3-1-7(2-4-8)11-9(14(16)17)5-6-10(15)13-11/h1-4,9,11H,5-6H2,(H,13,15)/t9-,11-/m1/s1. The molecule has 0 spiro atoms. The number of nitro groups is 1. The number of nitrogens with zero attached hydrogens (tertiary/aromatic N) is 1. The van der Waals surface area contributed by atoms with E-state index in [9.17, 15) is 14.9 Å². The topological polar surface area (TPSA) is 72.2 Å². The predicted molar refractivity (Wildman–Crippen MR) is 65.0 cm³/mol. The van der Waals surface area contributed by atoms with Crippen LogP contribution in [0.2, 0.25) is 0 Å². The Morgan fingerprint density at radius 2 is 2.00 bits per heavy atom. The van der Waals surface area contributed by atoms with Crippen LogP contribution >= 0.6 is 15.9 Å². The minimum Gasteiger partial charge on any atom is -0.343 e. The van der Waals surface area contributed by atoms with Crippen LogP contribution in [0.3, 0.4) is 0 Å². The van der Waals surface area contributed by atoms with Crippen molar-refractivity contribution < 1.29 is 9.72 Å². The number of rotatable bonds is 2. The number of piperidine rings is 1. The van der Waals surface area contributed by atoms with Crippen LogP contribution in [0.4, 0.5) is 0 Å². The van der Waals surface area contributed by atoms with E-state index < -0.39 is 12.1 Å². The highest BCUT2D eigenvalue weighted by molar-refractivity contribution is 9.10. The molecule has 1 fully saturated rings. The molecular formula is C11H11BrN2O3. The van der Waals surface area contributed by atoms with E-state index in [2.05, 4.69) is 21.2 Å². The van der Waals surface area contributed by atoms with Crippen molar-refractivity contribution in [1.29, 1.82) is 0 Å². The summed E-state index contributed by atoms with van der Waals surface area (Å²) in [5.41, 5.74) is 0.767. The zero-order chi connectivity index (χ0) is 12.4. The molecule has 0 bridgehead atoms. The minimum absolute atomic E-state index is 0.129. The summed E-state index contributed by atoms with van der Waals surface area (Å²) in [5, 5.41) is 13.6. The summed E-state index contributed by atoms with van der Waals surface area (Å²) in [7, 11) is 0. The van der Waals surface area contributed by atoms with E-state index in [1.807, 2.05) is 12.1 Å². The molecule has 1 aliphatic heterocycles. The third-order valence-electron chi connectivity index (χ3n) is 2.87. The van der Waals surface area contributed by atoms with Crippen LogP contribution in [0.5, 0.6) is 0 Å². The molecule has 0 aromatic heterocycles. The first-order valence-electron chi connectivity index (χ1n) is 5.26. The first-order valence-corrected chi connectivity index (χ1v) is 6.05. The lowest BCUT2D eigenvalue weighted by atomic mass is 9.92. The van der Waals surface area contributed by atoms with E-state index in [1.54, 1.807) is 12.1 Å². The summed E-state index contributed by atoms with van der Waals surface area (Å²) in [4.78, 5) is 22.0. The van der Waals surface area contributed by atoms with E-state index in [4.69, 9.17) is 0 Å². The first-order chi connectivity index (χ1) is 8.08. The van der Waals surface area contributed by atoms with Gasteiger partial charge in [-0.25, -0.2) is 0 Å². The summed E-state index contributed by atoms with van der Waals surface area (Å²) in [6, 6.07) is 5.93. The van der Waals surface area contributed by atoms with E-state index in [1.165, 1.54) is 0 Å². The van der Waals surface area contributed by atoms with Gasteiger partial charge in [0.05, 0.1) is 0 Å². The molecule has 1 aromatic rings. The van der Waals surface area contributed by atoms with Gasteiger partial charge >= 0.3 is 0 Å². The largest absolute Gasteiger partial charge is 0.343 e.